The average molecular weight is 388 g/mol. The minimum atomic E-state index is -0.499. The van der Waals surface area contributed by atoms with Crippen LogP contribution in [0.25, 0.3) is 0 Å². The van der Waals surface area contributed by atoms with E-state index >= 15 is 0 Å². The fourth-order valence-electron chi connectivity index (χ4n) is 2.71. The van der Waals surface area contributed by atoms with Crippen molar-refractivity contribution in [3.05, 3.63) is 48.0 Å². The van der Waals surface area contributed by atoms with Crippen molar-refractivity contribution in [2.24, 2.45) is 0 Å². The first-order valence-electron chi connectivity index (χ1n) is 9.22. The third-order valence-electron chi connectivity index (χ3n) is 4.15. The van der Waals surface area contributed by atoms with E-state index in [2.05, 4.69) is 9.97 Å². The van der Waals surface area contributed by atoms with E-state index in [-0.39, 0.29) is 11.9 Å². The molecule has 0 unspecified atom stereocenters. The molecule has 0 bridgehead atoms. The number of carbonyl (C=O) groups is 1. The molecule has 0 atom stereocenters. The lowest BCUT2D eigenvalue weighted by Crippen LogP contribution is -2.50. The van der Waals surface area contributed by atoms with Crippen molar-refractivity contribution in [1.29, 1.82) is 0 Å². The summed E-state index contributed by atoms with van der Waals surface area (Å²) in [5.41, 5.74) is 0.366. The Morgan fingerprint density at radius 1 is 1.07 bits per heavy atom. The summed E-state index contributed by atoms with van der Waals surface area (Å²) in [5.74, 6) is 0.863. The maximum Gasteiger partial charge on any atom is 0.410 e. The molecule has 2 heterocycles. The van der Waals surface area contributed by atoms with E-state index in [1.807, 2.05) is 25.7 Å². The van der Waals surface area contributed by atoms with Gasteiger partial charge in [0.1, 0.15) is 18.0 Å². The molecule has 8 heteroatoms. The summed E-state index contributed by atoms with van der Waals surface area (Å²) < 4.78 is 24.0. The van der Waals surface area contributed by atoms with Crippen LogP contribution in [0.3, 0.4) is 0 Å². The molecule has 1 amide bonds. The van der Waals surface area contributed by atoms with E-state index in [1.165, 1.54) is 12.1 Å². The molecule has 0 radical (unpaired) electrons. The molecule has 1 aromatic heterocycles. The minimum Gasteiger partial charge on any atom is -0.486 e. The SMILES string of the molecule is CC(C)(C)OC(=O)N1CCN(c2ncc(OCc3ccc(F)cc3)cn2)CC1. The fourth-order valence-corrected chi connectivity index (χ4v) is 2.71. The molecule has 1 aliphatic rings. The Bertz CT molecular complexity index is 783. The molecule has 2 aromatic rings. The number of ether oxygens (including phenoxy) is 2. The Hall–Kier alpha value is -2.90. The van der Waals surface area contributed by atoms with Crippen molar-refractivity contribution in [3.8, 4) is 5.75 Å². The second kappa shape index (κ2) is 8.41. The standard InChI is InChI=1S/C20H25FN4O3/c1-20(2,3)28-19(26)25-10-8-24(9-11-25)18-22-12-17(13-23-18)27-14-15-4-6-16(21)7-5-15/h4-7,12-13H,8-11,14H2,1-3H3. The molecular weight excluding hydrogens is 363 g/mol. The summed E-state index contributed by atoms with van der Waals surface area (Å²) in [7, 11) is 0. The Balaban J connectivity index is 1.49. The normalized spacial score (nSPS) is 14.7. The molecule has 0 saturated carbocycles. The lowest BCUT2D eigenvalue weighted by atomic mass is 10.2. The van der Waals surface area contributed by atoms with Crippen LogP contribution in [0.4, 0.5) is 15.1 Å². The highest BCUT2D eigenvalue weighted by molar-refractivity contribution is 5.68. The van der Waals surface area contributed by atoms with E-state index in [4.69, 9.17) is 9.47 Å². The van der Waals surface area contributed by atoms with Crippen molar-refractivity contribution in [2.75, 3.05) is 31.1 Å². The van der Waals surface area contributed by atoms with Crippen LogP contribution in [-0.4, -0.2) is 52.7 Å². The lowest BCUT2D eigenvalue weighted by Gasteiger charge is -2.35. The highest BCUT2D eigenvalue weighted by atomic mass is 19.1. The summed E-state index contributed by atoms with van der Waals surface area (Å²) in [6.45, 7) is 8.27. The van der Waals surface area contributed by atoms with Crippen LogP contribution in [0.5, 0.6) is 5.75 Å². The third-order valence-corrected chi connectivity index (χ3v) is 4.15. The van der Waals surface area contributed by atoms with E-state index < -0.39 is 5.60 Å². The number of amides is 1. The van der Waals surface area contributed by atoms with Crippen molar-refractivity contribution in [3.63, 3.8) is 0 Å². The van der Waals surface area contributed by atoms with Crippen molar-refractivity contribution in [2.45, 2.75) is 33.0 Å². The smallest absolute Gasteiger partial charge is 0.410 e. The van der Waals surface area contributed by atoms with Crippen LogP contribution in [-0.2, 0) is 11.3 Å². The quantitative estimate of drug-likeness (QED) is 0.801. The van der Waals surface area contributed by atoms with Crippen LogP contribution in [0.2, 0.25) is 0 Å². The molecule has 7 nitrogen and oxygen atoms in total. The fraction of sp³-hybridized carbons (Fsp3) is 0.450. The van der Waals surface area contributed by atoms with Gasteiger partial charge >= 0.3 is 6.09 Å². The Morgan fingerprint density at radius 2 is 1.68 bits per heavy atom. The van der Waals surface area contributed by atoms with E-state index in [0.717, 1.165) is 5.56 Å². The molecule has 150 valence electrons. The predicted molar refractivity (Wildman–Crippen MR) is 103 cm³/mol. The molecule has 1 saturated heterocycles. The number of nitrogens with zero attached hydrogens (tertiary/aromatic N) is 4. The van der Waals surface area contributed by atoms with Gasteiger partial charge in [-0.25, -0.2) is 19.2 Å². The van der Waals surface area contributed by atoms with Gasteiger partial charge in [-0.2, -0.15) is 0 Å². The van der Waals surface area contributed by atoms with Gasteiger partial charge in [0.2, 0.25) is 5.95 Å². The first-order chi connectivity index (χ1) is 13.3. The number of benzene rings is 1. The van der Waals surface area contributed by atoms with Gasteiger partial charge < -0.3 is 19.3 Å². The summed E-state index contributed by atoms with van der Waals surface area (Å²) in [5, 5.41) is 0. The highest BCUT2D eigenvalue weighted by Crippen LogP contribution is 2.17. The van der Waals surface area contributed by atoms with E-state index in [1.54, 1.807) is 29.4 Å². The molecule has 3 rings (SSSR count). The van der Waals surface area contributed by atoms with E-state index in [9.17, 15) is 9.18 Å². The Labute approximate surface area is 164 Å². The number of piperazine rings is 1. The van der Waals surface area contributed by atoms with Crippen LogP contribution < -0.4 is 9.64 Å². The highest BCUT2D eigenvalue weighted by Gasteiger charge is 2.26. The zero-order chi connectivity index (χ0) is 20.1. The maximum atomic E-state index is 12.9. The van der Waals surface area contributed by atoms with Crippen LogP contribution in [0, 0.1) is 5.82 Å². The lowest BCUT2D eigenvalue weighted by molar-refractivity contribution is 0.0240. The van der Waals surface area contributed by atoms with Gasteiger partial charge in [0.25, 0.3) is 0 Å². The molecule has 1 aromatic carbocycles. The van der Waals surface area contributed by atoms with Gasteiger partial charge in [-0.15, -0.1) is 0 Å². The Kier molecular flexibility index (Phi) is 5.96. The number of hydrogen-bond donors (Lipinski definition) is 0. The number of rotatable bonds is 4. The van der Waals surface area contributed by atoms with Gasteiger partial charge in [0.15, 0.2) is 5.75 Å². The largest absolute Gasteiger partial charge is 0.486 e. The average Bonchev–Trinajstić information content (AvgIpc) is 2.67. The first-order valence-corrected chi connectivity index (χ1v) is 9.22. The van der Waals surface area contributed by atoms with E-state index in [0.29, 0.717) is 44.5 Å². The molecule has 1 aliphatic heterocycles. The second-order valence-corrected chi connectivity index (χ2v) is 7.59. The van der Waals surface area contributed by atoms with Crippen LogP contribution >= 0.6 is 0 Å². The Morgan fingerprint density at radius 3 is 2.25 bits per heavy atom. The number of aromatic nitrogens is 2. The minimum absolute atomic E-state index is 0.275. The van der Waals surface area contributed by atoms with Crippen LogP contribution in [0.15, 0.2) is 36.7 Å². The van der Waals surface area contributed by atoms with Crippen molar-refractivity contribution in [1.82, 2.24) is 14.9 Å². The predicted octanol–water partition coefficient (Wildman–Crippen LogP) is 3.25. The second-order valence-electron chi connectivity index (χ2n) is 7.59. The third kappa shape index (κ3) is 5.55. The summed E-state index contributed by atoms with van der Waals surface area (Å²) in [6.07, 6.45) is 2.94. The first kappa shape index (κ1) is 19.9. The molecular formula is C20H25FN4O3. The summed E-state index contributed by atoms with van der Waals surface area (Å²) >= 11 is 0. The van der Waals surface area contributed by atoms with Gasteiger partial charge in [-0.1, -0.05) is 12.1 Å². The molecule has 28 heavy (non-hydrogen) atoms. The van der Waals surface area contributed by atoms with Gasteiger partial charge in [-0.05, 0) is 38.5 Å². The summed E-state index contributed by atoms with van der Waals surface area (Å²) in [6, 6.07) is 6.15. The van der Waals surface area contributed by atoms with Crippen LogP contribution in [0.1, 0.15) is 26.3 Å². The topological polar surface area (TPSA) is 67.8 Å². The number of carbonyl (C=O) groups excluding carboxylic acids is 1. The number of halogens is 1. The monoisotopic (exact) mass is 388 g/mol. The molecule has 1 fully saturated rings. The molecule has 0 aliphatic carbocycles. The van der Waals surface area contributed by atoms with Gasteiger partial charge in [0, 0.05) is 26.2 Å². The zero-order valence-corrected chi connectivity index (χ0v) is 16.4. The molecule has 0 spiro atoms. The number of hydrogen-bond acceptors (Lipinski definition) is 6. The van der Waals surface area contributed by atoms with Gasteiger partial charge in [0.05, 0.1) is 12.4 Å². The van der Waals surface area contributed by atoms with Crippen molar-refractivity contribution < 1.29 is 18.7 Å². The number of anilines is 1. The van der Waals surface area contributed by atoms with Crippen molar-refractivity contribution >= 4 is 12.0 Å². The summed E-state index contributed by atoms with van der Waals surface area (Å²) in [4.78, 5) is 24.5. The zero-order valence-electron chi connectivity index (χ0n) is 16.4. The maximum absolute atomic E-state index is 12.9. The molecule has 0 N–H and O–H groups in total. The van der Waals surface area contributed by atoms with Gasteiger partial charge in [-0.3, -0.25) is 0 Å².